The molecule has 0 fully saturated rings. The molecule has 0 radical (unpaired) electrons. The van der Waals surface area contributed by atoms with Crippen molar-refractivity contribution in [1.29, 1.82) is 0 Å². The Hall–Kier alpha value is -3.14. The van der Waals surface area contributed by atoms with Gasteiger partial charge >= 0.3 is 5.69 Å². The molecule has 130 valence electrons. The lowest BCUT2D eigenvalue weighted by Gasteiger charge is -2.11. The number of hydrazine groups is 1. The Kier molecular flexibility index (Phi) is 5.90. The van der Waals surface area contributed by atoms with Crippen molar-refractivity contribution in [3.05, 3.63) is 75.3 Å². The Bertz CT molecular complexity index is 815. The third-order valence-electron chi connectivity index (χ3n) is 3.06. The van der Waals surface area contributed by atoms with Crippen molar-refractivity contribution < 1.29 is 18.5 Å². The molecule has 0 aliphatic heterocycles. The van der Waals surface area contributed by atoms with Crippen LogP contribution in [0.1, 0.15) is 15.9 Å². The van der Waals surface area contributed by atoms with E-state index in [1.54, 1.807) is 12.1 Å². The number of rotatable bonds is 4. The topological polar surface area (TPSA) is 96.3 Å². The number of nitro groups is 1. The molecular weight excluding hydrogens is 354 g/mol. The molecule has 7 nitrogen and oxygen atoms in total. The maximum Gasteiger partial charge on any atom is 0.305 e. The van der Waals surface area contributed by atoms with Crippen molar-refractivity contribution >= 4 is 28.9 Å². The Morgan fingerprint density at radius 3 is 2.44 bits per heavy atom. The number of nitro benzene ring substituents is 1. The van der Waals surface area contributed by atoms with Crippen LogP contribution in [0, 0.1) is 21.7 Å². The Morgan fingerprint density at radius 2 is 1.80 bits per heavy atom. The van der Waals surface area contributed by atoms with Crippen molar-refractivity contribution in [2.24, 2.45) is 0 Å². The SMILES string of the molecule is O=C(NNC(=S)NCc1ccc(F)cc1)c1ccc(F)c([N+](=O)[O-])c1. The van der Waals surface area contributed by atoms with E-state index < -0.39 is 22.3 Å². The lowest BCUT2D eigenvalue weighted by molar-refractivity contribution is -0.387. The van der Waals surface area contributed by atoms with E-state index in [0.717, 1.165) is 23.8 Å². The largest absolute Gasteiger partial charge is 0.357 e. The molecule has 2 aromatic rings. The first-order valence-corrected chi connectivity index (χ1v) is 7.30. The number of hydrogen-bond acceptors (Lipinski definition) is 4. The van der Waals surface area contributed by atoms with Gasteiger partial charge in [-0.3, -0.25) is 25.8 Å². The highest BCUT2D eigenvalue weighted by Crippen LogP contribution is 2.18. The molecule has 0 saturated carbocycles. The molecule has 1 amide bonds. The van der Waals surface area contributed by atoms with Gasteiger partial charge in [-0.05, 0) is 42.0 Å². The number of halogens is 2. The van der Waals surface area contributed by atoms with Crippen LogP contribution in [0.2, 0.25) is 0 Å². The van der Waals surface area contributed by atoms with Gasteiger partial charge in [0, 0.05) is 18.2 Å². The number of amides is 1. The summed E-state index contributed by atoms with van der Waals surface area (Å²) in [5.41, 5.74) is 4.50. The molecule has 0 aliphatic rings. The van der Waals surface area contributed by atoms with Gasteiger partial charge in [-0.2, -0.15) is 4.39 Å². The lowest BCUT2D eigenvalue weighted by Crippen LogP contribution is -2.46. The van der Waals surface area contributed by atoms with Gasteiger partial charge in [0.25, 0.3) is 5.91 Å². The van der Waals surface area contributed by atoms with Crippen LogP contribution in [0.5, 0.6) is 0 Å². The van der Waals surface area contributed by atoms with E-state index in [1.165, 1.54) is 12.1 Å². The predicted octanol–water partition coefficient (Wildman–Crippen LogP) is 2.18. The first-order chi connectivity index (χ1) is 11.9. The molecule has 10 heteroatoms. The zero-order chi connectivity index (χ0) is 18.4. The summed E-state index contributed by atoms with van der Waals surface area (Å²) in [6.07, 6.45) is 0. The van der Waals surface area contributed by atoms with Crippen LogP contribution < -0.4 is 16.2 Å². The second-order valence-electron chi connectivity index (χ2n) is 4.81. The van der Waals surface area contributed by atoms with Crippen molar-refractivity contribution in [2.45, 2.75) is 6.54 Å². The maximum absolute atomic E-state index is 13.2. The molecule has 0 saturated heterocycles. The zero-order valence-corrected chi connectivity index (χ0v) is 13.4. The van der Waals surface area contributed by atoms with Crippen LogP contribution >= 0.6 is 12.2 Å². The fourth-order valence-electron chi connectivity index (χ4n) is 1.81. The van der Waals surface area contributed by atoms with Crippen LogP contribution in [0.25, 0.3) is 0 Å². The summed E-state index contributed by atoms with van der Waals surface area (Å²) in [6, 6.07) is 8.50. The first-order valence-electron chi connectivity index (χ1n) is 6.89. The molecule has 0 heterocycles. The van der Waals surface area contributed by atoms with E-state index in [0.29, 0.717) is 6.54 Å². The molecule has 0 aliphatic carbocycles. The molecular formula is C15H12F2N4O3S. The van der Waals surface area contributed by atoms with E-state index in [9.17, 15) is 23.7 Å². The summed E-state index contributed by atoms with van der Waals surface area (Å²) >= 11 is 4.96. The molecule has 25 heavy (non-hydrogen) atoms. The third-order valence-corrected chi connectivity index (χ3v) is 3.31. The molecule has 3 N–H and O–H groups in total. The number of hydrogen-bond donors (Lipinski definition) is 3. The number of carbonyl (C=O) groups is 1. The van der Waals surface area contributed by atoms with Gasteiger partial charge in [0.1, 0.15) is 5.82 Å². The second kappa shape index (κ2) is 8.11. The van der Waals surface area contributed by atoms with Gasteiger partial charge in [0.05, 0.1) is 4.92 Å². The quantitative estimate of drug-likeness (QED) is 0.436. The highest BCUT2D eigenvalue weighted by molar-refractivity contribution is 7.80. The number of carbonyl (C=O) groups excluding carboxylic acids is 1. The molecule has 2 aromatic carbocycles. The van der Waals surface area contributed by atoms with Crippen molar-refractivity contribution in [1.82, 2.24) is 16.2 Å². The minimum atomic E-state index is -1.04. The van der Waals surface area contributed by atoms with Crippen LogP contribution in [0.4, 0.5) is 14.5 Å². The van der Waals surface area contributed by atoms with Gasteiger partial charge in [0.15, 0.2) is 5.11 Å². The maximum atomic E-state index is 13.2. The highest BCUT2D eigenvalue weighted by atomic mass is 32.1. The van der Waals surface area contributed by atoms with Crippen LogP contribution in [-0.4, -0.2) is 15.9 Å². The number of nitrogens with zero attached hydrogens (tertiary/aromatic N) is 1. The molecule has 0 unspecified atom stereocenters. The zero-order valence-electron chi connectivity index (χ0n) is 12.6. The number of nitrogens with one attached hydrogen (secondary N) is 3. The van der Waals surface area contributed by atoms with Gasteiger partial charge in [-0.15, -0.1) is 0 Å². The van der Waals surface area contributed by atoms with E-state index >= 15 is 0 Å². The second-order valence-corrected chi connectivity index (χ2v) is 5.22. The van der Waals surface area contributed by atoms with Crippen LogP contribution in [0.3, 0.4) is 0 Å². The first kappa shape index (κ1) is 18.2. The smallest absolute Gasteiger partial charge is 0.305 e. The standard InChI is InChI=1S/C15H12F2N4O3S/c16-11-4-1-9(2-5-11)8-18-15(25)20-19-14(22)10-3-6-12(17)13(7-10)21(23)24/h1-7H,8H2,(H,19,22)(H2,18,20,25). The lowest BCUT2D eigenvalue weighted by atomic mass is 10.2. The summed E-state index contributed by atoms with van der Waals surface area (Å²) in [4.78, 5) is 21.6. The number of thiocarbonyl (C=S) groups is 1. The number of benzene rings is 2. The molecule has 0 atom stereocenters. The van der Waals surface area contributed by atoms with E-state index in [1.807, 2.05) is 0 Å². The van der Waals surface area contributed by atoms with Gasteiger partial charge < -0.3 is 5.32 Å². The average Bonchev–Trinajstić information content (AvgIpc) is 2.59. The summed E-state index contributed by atoms with van der Waals surface area (Å²) in [5, 5.41) is 13.5. The highest BCUT2D eigenvalue weighted by Gasteiger charge is 2.17. The molecule has 2 rings (SSSR count). The van der Waals surface area contributed by atoms with Crippen molar-refractivity contribution in [3.8, 4) is 0 Å². The normalized spacial score (nSPS) is 10.0. The minimum Gasteiger partial charge on any atom is -0.357 e. The van der Waals surface area contributed by atoms with Crippen molar-refractivity contribution in [2.75, 3.05) is 0 Å². The van der Waals surface area contributed by atoms with Crippen LogP contribution in [-0.2, 0) is 6.54 Å². The fourth-order valence-corrected chi connectivity index (χ4v) is 1.93. The van der Waals surface area contributed by atoms with E-state index in [4.69, 9.17) is 12.2 Å². The fraction of sp³-hybridized carbons (Fsp3) is 0.0667. The average molecular weight is 366 g/mol. The Morgan fingerprint density at radius 1 is 1.12 bits per heavy atom. The molecule has 0 spiro atoms. The summed E-state index contributed by atoms with van der Waals surface area (Å²) in [7, 11) is 0. The minimum absolute atomic E-state index is 0.0780. The predicted molar refractivity (Wildman–Crippen MR) is 89.5 cm³/mol. The van der Waals surface area contributed by atoms with Gasteiger partial charge in [-0.25, -0.2) is 4.39 Å². The van der Waals surface area contributed by atoms with Crippen LogP contribution in [0.15, 0.2) is 42.5 Å². The third kappa shape index (κ3) is 5.18. The summed E-state index contributed by atoms with van der Waals surface area (Å²) in [6.45, 7) is 0.296. The Labute approximate surface area is 146 Å². The van der Waals surface area contributed by atoms with Crippen molar-refractivity contribution in [3.63, 3.8) is 0 Å². The van der Waals surface area contributed by atoms with E-state index in [2.05, 4.69) is 16.2 Å². The molecule has 0 aromatic heterocycles. The van der Waals surface area contributed by atoms with Gasteiger partial charge in [0.2, 0.25) is 5.82 Å². The Balaban J connectivity index is 1.87. The monoisotopic (exact) mass is 366 g/mol. The van der Waals surface area contributed by atoms with Gasteiger partial charge in [-0.1, -0.05) is 12.1 Å². The summed E-state index contributed by atoms with van der Waals surface area (Å²) < 4.78 is 26.0. The summed E-state index contributed by atoms with van der Waals surface area (Å²) in [5.74, 6) is -2.12. The van der Waals surface area contributed by atoms with E-state index in [-0.39, 0.29) is 16.5 Å². The molecule has 0 bridgehead atoms.